The molecule has 0 bridgehead atoms. The molecule has 0 spiro atoms. The molecule has 0 aliphatic heterocycles. The van der Waals surface area contributed by atoms with E-state index in [1.807, 2.05) is 0 Å². The second kappa shape index (κ2) is 10.8. The van der Waals surface area contributed by atoms with E-state index in [9.17, 15) is 0 Å². The van der Waals surface area contributed by atoms with Gasteiger partial charge >= 0.3 is 0 Å². The molecule has 0 atom stereocenters. The first-order chi connectivity index (χ1) is 22.7. The SMILES string of the molecule is CCCCc1c2ccc3ccccc3c2nc2c1ccc1cc3ccc4c(CCCC)c5ccc6ccccc6c5nc4c3cc12. The predicted octanol–water partition coefficient (Wildman–Crippen LogP) is 12.4. The summed E-state index contributed by atoms with van der Waals surface area (Å²) in [5.41, 5.74) is 7.27. The average molecular weight is 593 g/mol. The first kappa shape index (κ1) is 27.2. The van der Waals surface area contributed by atoms with Gasteiger partial charge in [0, 0.05) is 43.1 Å². The third kappa shape index (κ3) is 4.09. The van der Waals surface area contributed by atoms with Crippen molar-refractivity contribution in [2.75, 3.05) is 0 Å². The molecule has 0 aliphatic carbocycles. The molecule has 2 heteroatoms. The minimum atomic E-state index is 1.05. The highest BCUT2D eigenvalue weighted by Crippen LogP contribution is 2.39. The van der Waals surface area contributed by atoms with E-state index < -0.39 is 0 Å². The summed E-state index contributed by atoms with van der Waals surface area (Å²) in [6, 6.07) is 40.5. The van der Waals surface area contributed by atoms with Gasteiger partial charge in [0.15, 0.2) is 0 Å². The van der Waals surface area contributed by atoms with E-state index in [-0.39, 0.29) is 0 Å². The molecule has 0 unspecified atom stereocenters. The number of aromatic nitrogens is 2. The molecule has 2 heterocycles. The van der Waals surface area contributed by atoms with Crippen LogP contribution in [-0.2, 0) is 12.8 Å². The highest BCUT2D eigenvalue weighted by molar-refractivity contribution is 6.21. The van der Waals surface area contributed by atoms with Crippen LogP contribution in [0.2, 0.25) is 0 Å². The maximum Gasteiger partial charge on any atom is 0.0791 e. The molecule has 9 rings (SSSR count). The normalized spacial score (nSPS) is 12.2. The summed E-state index contributed by atoms with van der Waals surface area (Å²) in [6.45, 7) is 4.56. The molecular formula is C44H36N2. The average Bonchev–Trinajstić information content (AvgIpc) is 3.10. The van der Waals surface area contributed by atoms with E-state index in [1.165, 1.54) is 75.8 Å². The Kier molecular flexibility index (Phi) is 6.38. The van der Waals surface area contributed by atoms with Crippen LogP contribution in [0.15, 0.2) is 109 Å². The number of rotatable bonds is 6. The Bertz CT molecular complexity index is 2480. The summed E-state index contributed by atoms with van der Waals surface area (Å²) in [4.78, 5) is 11.0. The molecule has 0 fully saturated rings. The van der Waals surface area contributed by atoms with E-state index >= 15 is 0 Å². The maximum atomic E-state index is 5.52. The van der Waals surface area contributed by atoms with Gasteiger partial charge in [-0.1, -0.05) is 124 Å². The van der Waals surface area contributed by atoms with Gasteiger partial charge in [0.1, 0.15) is 0 Å². The van der Waals surface area contributed by atoms with Gasteiger partial charge < -0.3 is 0 Å². The fraction of sp³-hybridized carbons (Fsp3) is 0.182. The quantitative estimate of drug-likeness (QED) is 0.142. The molecule has 0 radical (unpaired) electrons. The van der Waals surface area contributed by atoms with Gasteiger partial charge in [-0.25, -0.2) is 9.97 Å². The van der Waals surface area contributed by atoms with Crippen molar-refractivity contribution >= 4 is 86.7 Å². The van der Waals surface area contributed by atoms with Crippen molar-refractivity contribution in [1.82, 2.24) is 9.97 Å². The van der Waals surface area contributed by atoms with Crippen molar-refractivity contribution in [3.05, 3.63) is 120 Å². The monoisotopic (exact) mass is 592 g/mol. The summed E-state index contributed by atoms with van der Waals surface area (Å²) >= 11 is 0. The lowest BCUT2D eigenvalue weighted by molar-refractivity contribution is 0.802. The topological polar surface area (TPSA) is 25.8 Å². The Labute approximate surface area is 268 Å². The smallest absolute Gasteiger partial charge is 0.0791 e. The van der Waals surface area contributed by atoms with E-state index in [2.05, 4.69) is 123 Å². The van der Waals surface area contributed by atoms with Crippen molar-refractivity contribution in [3.8, 4) is 0 Å². The summed E-state index contributed by atoms with van der Waals surface area (Å²) in [6.07, 6.45) is 6.75. The van der Waals surface area contributed by atoms with Crippen molar-refractivity contribution in [2.45, 2.75) is 52.4 Å². The van der Waals surface area contributed by atoms with Crippen LogP contribution in [0.3, 0.4) is 0 Å². The zero-order valence-corrected chi connectivity index (χ0v) is 26.5. The molecule has 2 nitrogen and oxygen atoms in total. The van der Waals surface area contributed by atoms with E-state index in [4.69, 9.17) is 9.97 Å². The van der Waals surface area contributed by atoms with Gasteiger partial charge in [-0.15, -0.1) is 0 Å². The van der Waals surface area contributed by atoms with Crippen molar-refractivity contribution in [1.29, 1.82) is 0 Å². The molecule has 46 heavy (non-hydrogen) atoms. The number of nitrogens with zero attached hydrogens (tertiary/aromatic N) is 2. The van der Waals surface area contributed by atoms with Crippen LogP contribution >= 0.6 is 0 Å². The Balaban J connectivity index is 1.43. The largest absolute Gasteiger partial charge is 0.246 e. The molecular weight excluding hydrogens is 556 g/mol. The zero-order valence-electron chi connectivity index (χ0n) is 26.5. The van der Waals surface area contributed by atoms with Crippen LogP contribution in [0.5, 0.6) is 0 Å². The summed E-state index contributed by atoms with van der Waals surface area (Å²) in [5.74, 6) is 0. The number of unbranched alkanes of at least 4 members (excludes halogenated alkanes) is 2. The van der Waals surface area contributed by atoms with Gasteiger partial charge in [0.25, 0.3) is 0 Å². The van der Waals surface area contributed by atoms with E-state index in [0.717, 1.165) is 60.6 Å². The third-order valence-electron chi connectivity index (χ3n) is 10.2. The van der Waals surface area contributed by atoms with Gasteiger partial charge in [-0.05, 0) is 70.5 Å². The maximum absolute atomic E-state index is 5.52. The van der Waals surface area contributed by atoms with Gasteiger partial charge in [0.05, 0.1) is 22.1 Å². The number of pyridine rings is 2. The first-order valence-electron chi connectivity index (χ1n) is 17.0. The van der Waals surface area contributed by atoms with Crippen LogP contribution < -0.4 is 0 Å². The summed E-state index contributed by atoms with van der Waals surface area (Å²) in [7, 11) is 0. The van der Waals surface area contributed by atoms with Gasteiger partial charge in [-0.3, -0.25) is 0 Å². The Morgan fingerprint density at radius 2 is 0.761 bits per heavy atom. The highest BCUT2D eigenvalue weighted by Gasteiger charge is 2.17. The standard InChI is InChI=1S/C44H36N2/c1-3-5-13-33-35-21-17-27-11-7-9-15-31(27)41(35)45-43-37(33)23-19-29-25-30-20-24-38-34(14-6-4-2)36-22-18-28-12-8-10-16-32(28)42(36)46-44(38)40(30)26-39(29)43/h7-12,15-26H,3-6,13-14H2,1-2H3. The van der Waals surface area contributed by atoms with Crippen LogP contribution in [0.1, 0.15) is 50.7 Å². The lowest BCUT2D eigenvalue weighted by Gasteiger charge is -2.16. The number of hydrogen-bond acceptors (Lipinski definition) is 2. The van der Waals surface area contributed by atoms with Gasteiger partial charge in [0.2, 0.25) is 0 Å². The summed E-state index contributed by atoms with van der Waals surface area (Å²) < 4.78 is 0. The molecule has 0 N–H and O–H groups in total. The van der Waals surface area contributed by atoms with E-state index in [1.54, 1.807) is 0 Å². The first-order valence-corrected chi connectivity index (χ1v) is 17.0. The zero-order chi connectivity index (χ0) is 30.8. The molecule has 0 saturated carbocycles. The molecule has 222 valence electrons. The fourth-order valence-electron chi connectivity index (χ4n) is 7.84. The molecule has 0 aliphatic rings. The summed E-state index contributed by atoms with van der Waals surface area (Å²) in [5, 5.41) is 14.9. The molecule has 7 aromatic carbocycles. The number of hydrogen-bond donors (Lipinski definition) is 0. The van der Waals surface area contributed by atoms with Gasteiger partial charge in [-0.2, -0.15) is 0 Å². The van der Waals surface area contributed by atoms with Crippen LogP contribution in [0, 0.1) is 0 Å². The third-order valence-corrected chi connectivity index (χ3v) is 10.2. The minimum Gasteiger partial charge on any atom is -0.246 e. The Morgan fingerprint density at radius 3 is 1.20 bits per heavy atom. The second-order valence-electron chi connectivity index (χ2n) is 13.0. The molecule has 9 aromatic rings. The number of benzene rings is 7. The van der Waals surface area contributed by atoms with Crippen molar-refractivity contribution in [2.24, 2.45) is 0 Å². The number of fused-ring (bicyclic) bond motifs is 12. The lowest BCUT2D eigenvalue weighted by atomic mass is 9.91. The Morgan fingerprint density at radius 1 is 0.370 bits per heavy atom. The minimum absolute atomic E-state index is 1.05. The van der Waals surface area contributed by atoms with Crippen LogP contribution in [0.4, 0.5) is 0 Å². The van der Waals surface area contributed by atoms with Crippen LogP contribution in [0.25, 0.3) is 86.7 Å². The fourth-order valence-corrected chi connectivity index (χ4v) is 7.84. The second-order valence-corrected chi connectivity index (χ2v) is 13.0. The van der Waals surface area contributed by atoms with Crippen molar-refractivity contribution in [3.63, 3.8) is 0 Å². The number of aryl methyl sites for hydroxylation is 2. The van der Waals surface area contributed by atoms with E-state index in [0.29, 0.717) is 0 Å². The van der Waals surface area contributed by atoms with Crippen LogP contribution in [-0.4, -0.2) is 9.97 Å². The van der Waals surface area contributed by atoms with Crippen molar-refractivity contribution < 1.29 is 0 Å². The Hall–Kier alpha value is -5.08. The molecule has 0 amide bonds. The lowest BCUT2D eigenvalue weighted by Crippen LogP contribution is -1.96. The highest BCUT2D eigenvalue weighted by atomic mass is 14.7. The molecule has 2 aromatic heterocycles. The molecule has 0 saturated heterocycles. The predicted molar refractivity (Wildman–Crippen MR) is 199 cm³/mol.